The SMILES string of the molecule is CN(c1ccc(C(=O)NCc2ccc(Cl)cc2Cl)c(Cl)c1)S(C)(=O)=O. The Kier molecular flexibility index (Phi) is 6.21. The van der Waals surface area contributed by atoms with Crippen LogP contribution in [-0.4, -0.2) is 27.6 Å². The van der Waals surface area contributed by atoms with E-state index in [2.05, 4.69) is 5.32 Å². The first-order chi connectivity index (χ1) is 11.6. The van der Waals surface area contributed by atoms with E-state index in [1.54, 1.807) is 18.2 Å². The number of hydrogen-bond acceptors (Lipinski definition) is 3. The van der Waals surface area contributed by atoms with Gasteiger partial charge in [-0.1, -0.05) is 40.9 Å². The lowest BCUT2D eigenvalue weighted by Crippen LogP contribution is -2.26. The van der Waals surface area contributed by atoms with Gasteiger partial charge in [0, 0.05) is 23.6 Å². The van der Waals surface area contributed by atoms with Crippen molar-refractivity contribution in [1.29, 1.82) is 0 Å². The molecule has 2 aromatic carbocycles. The van der Waals surface area contributed by atoms with Crippen LogP contribution < -0.4 is 9.62 Å². The highest BCUT2D eigenvalue weighted by Crippen LogP contribution is 2.25. The van der Waals surface area contributed by atoms with Gasteiger partial charge < -0.3 is 5.32 Å². The molecule has 25 heavy (non-hydrogen) atoms. The van der Waals surface area contributed by atoms with Crippen molar-refractivity contribution in [3.8, 4) is 0 Å². The smallest absolute Gasteiger partial charge is 0.253 e. The molecule has 0 bridgehead atoms. The molecule has 0 aromatic heterocycles. The van der Waals surface area contributed by atoms with Crippen molar-refractivity contribution >= 4 is 56.4 Å². The highest BCUT2D eigenvalue weighted by molar-refractivity contribution is 7.92. The molecule has 0 saturated heterocycles. The summed E-state index contributed by atoms with van der Waals surface area (Å²) >= 11 is 18.0. The molecule has 0 aliphatic carbocycles. The summed E-state index contributed by atoms with van der Waals surface area (Å²) in [5, 5.41) is 3.81. The molecule has 5 nitrogen and oxygen atoms in total. The van der Waals surface area contributed by atoms with E-state index < -0.39 is 15.9 Å². The fourth-order valence-electron chi connectivity index (χ4n) is 2.01. The van der Waals surface area contributed by atoms with Crippen molar-refractivity contribution < 1.29 is 13.2 Å². The summed E-state index contributed by atoms with van der Waals surface area (Å²) < 4.78 is 24.2. The van der Waals surface area contributed by atoms with Crippen LogP contribution in [0.5, 0.6) is 0 Å². The van der Waals surface area contributed by atoms with Crippen molar-refractivity contribution in [2.75, 3.05) is 17.6 Å². The molecule has 1 N–H and O–H groups in total. The van der Waals surface area contributed by atoms with Crippen molar-refractivity contribution in [3.63, 3.8) is 0 Å². The molecule has 0 heterocycles. The molecule has 0 saturated carbocycles. The number of anilines is 1. The first-order valence-corrected chi connectivity index (χ1v) is 10.0. The second kappa shape index (κ2) is 7.83. The minimum atomic E-state index is -3.41. The Morgan fingerprint density at radius 2 is 1.76 bits per heavy atom. The summed E-state index contributed by atoms with van der Waals surface area (Å²) in [6, 6.07) is 9.39. The maximum atomic E-state index is 12.3. The molecular formula is C16H15Cl3N2O3S. The molecular weight excluding hydrogens is 407 g/mol. The first-order valence-electron chi connectivity index (χ1n) is 7.05. The molecule has 1 amide bonds. The Balaban J connectivity index is 2.14. The number of halogens is 3. The van der Waals surface area contributed by atoms with Crippen LogP contribution in [0.15, 0.2) is 36.4 Å². The van der Waals surface area contributed by atoms with Gasteiger partial charge in [0.1, 0.15) is 0 Å². The van der Waals surface area contributed by atoms with Gasteiger partial charge in [-0.3, -0.25) is 9.10 Å². The van der Waals surface area contributed by atoms with Gasteiger partial charge in [-0.15, -0.1) is 0 Å². The monoisotopic (exact) mass is 420 g/mol. The van der Waals surface area contributed by atoms with E-state index in [9.17, 15) is 13.2 Å². The third kappa shape index (κ3) is 5.01. The Bertz CT molecular complexity index is 917. The number of nitrogens with one attached hydrogen (secondary N) is 1. The first kappa shape index (κ1) is 19.8. The highest BCUT2D eigenvalue weighted by Gasteiger charge is 2.16. The minimum absolute atomic E-state index is 0.146. The number of amides is 1. The number of nitrogens with zero attached hydrogens (tertiary/aromatic N) is 1. The van der Waals surface area contributed by atoms with Gasteiger partial charge in [-0.2, -0.15) is 0 Å². The molecule has 0 radical (unpaired) electrons. The topological polar surface area (TPSA) is 66.5 Å². The zero-order valence-corrected chi connectivity index (χ0v) is 16.5. The molecule has 134 valence electrons. The second-order valence-corrected chi connectivity index (χ2v) is 8.58. The summed E-state index contributed by atoms with van der Waals surface area (Å²) in [4.78, 5) is 12.3. The van der Waals surface area contributed by atoms with E-state index in [0.717, 1.165) is 10.6 Å². The van der Waals surface area contributed by atoms with Gasteiger partial charge in [-0.05, 0) is 35.9 Å². The van der Waals surface area contributed by atoms with E-state index >= 15 is 0 Å². The van der Waals surface area contributed by atoms with E-state index in [1.165, 1.54) is 25.2 Å². The quantitative estimate of drug-likeness (QED) is 0.794. The number of carbonyl (C=O) groups is 1. The van der Waals surface area contributed by atoms with Crippen LogP contribution in [-0.2, 0) is 16.6 Å². The Morgan fingerprint density at radius 1 is 1.08 bits per heavy atom. The number of rotatable bonds is 5. The standard InChI is InChI=1S/C16H15Cl3N2O3S/c1-21(25(2,23)24)12-5-6-13(15(19)8-12)16(22)20-9-10-3-4-11(17)7-14(10)18/h3-8H,9H2,1-2H3,(H,20,22). The van der Waals surface area contributed by atoms with Gasteiger partial charge in [0.05, 0.1) is 22.5 Å². The number of hydrogen-bond donors (Lipinski definition) is 1. The number of benzene rings is 2. The van der Waals surface area contributed by atoms with Crippen LogP contribution in [0, 0.1) is 0 Å². The fourth-order valence-corrected chi connectivity index (χ4v) is 3.24. The number of sulfonamides is 1. The van der Waals surface area contributed by atoms with E-state index in [-0.39, 0.29) is 17.1 Å². The molecule has 0 atom stereocenters. The van der Waals surface area contributed by atoms with Crippen LogP contribution in [0.25, 0.3) is 0 Å². The Morgan fingerprint density at radius 3 is 2.32 bits per heavy atom. The van der Waals surface area contributed by atoms with Crippen LogP contribution in [0.4, 0.5) is 5.69 Å². The zero-order chi connectivity index (χ0) is 18.8. The zero-order valence-electron chi connectivity index (χ0n) is 13.4. The van der Waals surface area contributed by atoms with Gasteiger partial charge in [0.2, 0.25) is 10.0 Å². The van der Waals surface area contributed by atoms with Gasteiger partial charge in [-0.25, -0.2) is 8.42 Å². The fraction of sp³-hybridized carbons (Fsp3) is 0.188. The third-order valence-electron chi connectivity index (χ3n) is 3.51. The minimum Gasteiger partial charge on any atom is -0.348 e. The molecule has 0 fully saturated rings. The van der Waals surface area contributed by atoms with Crippen LogP contribution in [0.3, 0.4) is 0 Å². The largest absolute Gasteiger partial charge is 0.348 e. The summed E-state index contributed by atoms with van der Waals surface area (Å²) in [6.45, 7) is 0.205. The lowest BCUT2D eigenvalue weighted by atomic mass is 10.1. The van der Waals surface area contributed by atoms with Crippen molar-refractivity contribution in [2.24, 2.45) is 0 Å². The normalized spacial score (nSPS) is 11.2. The average molecular weight is 422 g/mol. The predicted octanol–water partition coefficient (Wildman–Crippen LogP) is 3.97. The summed E-state index contributed by atoms with van der Waals surface area (Å²) in [6.07, 6.45) is 1.08. The van der Waals surface area contributed by atoms with Crippen LogP contribution in [0.1, 0.15) is 15.9 Å². The van der Waals surface area contributed by atoms with Crippen LogP contribution in [0.2, 0.25) is 15.1 Å². The molecule has 2 rings (SSSR count). The molecule has 0 aliphatic heterocycles. The molecule has 2 aromatic rings. The van der Waals surface area contributed by atoms with Crippen molar-refractivity contribution in [2.45, 2.75) is 6.54 Å². The highest BCUT2D eigenvalue weighted by atomic mass is 35.5. The third-order valence-corrected chi connectivity index (χ3v) is 5.62. The maximum Gasteiger partial charge on any atom is 0.253 e. The molecule has 0 spiro atoms. The van der Waals surface area contributed by atoms with Crippen molar-refractivity contribution in [1.82, 2.24) is 5.32 Å². The van der Waals surface area contributed by atoms with Crippen molar-refractivity contribution in [3.05, 3.63) is 62.6 Å². The summed E-state index contributed by atoms with van der Waals surface area (Å²) in [5.41, 5.74) is 1.31. The van der Waals surface area contributed by atoms with Gasteiger partial charge in [0.25, 0.3) is 5.91 Å². The summed E-state index contributed by atoms with van der Waals surface area (Å²) in [5.74, 6) is -0.399. The molecule has 0 aliphatic rings. The van der Waals surface area contributed by atoms with E-state index in [1.807, 2.05) is 0 Å². The van der Waals surface area contributed by atoms with E-state index in [4.69, 9.17) is 34.8 Å². The lowest BCUT2D eigenvalue weighted by Gasteiger charge is -2.17. The maximum absolute atomic E-state index is 12.3. The summed E-state index contributed by atoms with van der Waals surface area (Å²) in [7, 11) is -2.01. The molecule has 9 heteroatoms. The predicted molar refractivity (Wildman–Crippen MR) is 102 cm³/mol. The van der Waals surface area contributed by atoms with E-state index in [0.29, 0.717) is 21.3 Å². The Hall–Kier alpha value is -1.47. The number of carbonyl (C=O) groups excluding carboxylic acids is 1. The Labute approximate surface area is 161 Å². The second-order valence-electron chi connectivity index (χ2n) is 5.31. The average Bonchev–Trinajstić information content (AvgIpc) is 2.52. The molecule has 0 unspecified atom stereocenters. The van der Waals surface area contributed by atoms with Gasteiger partial charge >= 0.3 is 0 Å². The lowest BCUT2D eigenvalue weighted by molar-refractivity contribution is 0.0951. The van der Waals surface area contributed by atoms with Crippen LogP contribution >= 0.6 is 34.8 Å². The van der Waals surface area contributed by atoms with Gasteiger partial charge in [0.15, 0.2) is 0 Å².